The molecule has 3 saturated heterocycles. The third kappa shape index (κ3) is 7.09. The van der Waals surface area contributed by atoms with E-state index in [-0.39, 0.29) is 23.8 Å². The Morgan fingerprint density at radius 1 is 0.742 bits per heavy atom. The van der Waals surface area contributed by atoms with Gasteiger partial charge < -0.3 is 19.4 Å². The summed E-state index contributed by atoms with van der Waals surface area (Å²) < 4.78 is 5.44. The van der Waals surface area contributed by atoms with Crippen LogP contribution in [0, 0.1) is 5.92 Å². The van der Waals surface area contributed by atoms with Gasteiger partial charge in [-0.25, -0.2) is 4.79 Å². The predicted octanol–water partition coefficient (Wildman–Crippen LogP) is 2.18. The second kappa shape index (κ2) is 10.7. The number of likely N-dealkylation sites (tertiary alicyclic amines) is 2. The number of carbonyl (C=O) groups is 3. The van der Waals surface area contributed by atoms with Crippen molar-refractivity contribution in [3.05, 3.63) is 0 Å². The smallest absolute Gasteiger partial charge is 0.410 e. The van der Waals surface area contributed by atoms with Crippen molar-refractivity contribution in [1.29, 1.82) is 0 Å². The lowest BCUT2D eigenvalue weighted by Gasteiger charge is -2.39. The Morgan fingerprint density at radius 3 is 1.87 bits per heavy atom. The van der Waals surface area contributed by atoms with Crippen molar-refractivity contribution in [2.45, 2.75) is 64.9 Å². The van der Waals surface area contributed by atoms with Gasteiger partial charge >= 0.3 is 6.09 Å². The highest BCUT2D eigenvalue weighted by Crippen LogP contribution is 2.22. The molecule has 0 aromatic heterocycles. The predicted molar refractivity (Wildman–Crippen MR) is 119 cm³/mol. The molecular weight excluding hydrogens is 396 g/mol. The molecule has 176 valence electrons. The zero-order valence-corrected chi connectivity index (χ0v) is 19.6. The first kappa shape index (κ1) is 23.8. The minimum atomic E-state index is -0.502. The summed E-state index contributed by atoms with van der Waals surface area (Å²) in [5.74, 6) is 0.405. The number of piperazine rings is 1. The molecule has 0 radical (unpaired) electrons. The van der Waals surface area contributed by atoms with E-state index >= 15 is 0 Å². The molecule has 31 heavy (non-hydrogen) atoms. The van der Waals surface area contributed by atoms with E-state index in [0.717, 1.165) is 39.0 Å². The molecular formula is C23H40N4O4. The highest BCUT2D eigenvalue weighted by molar-refractivity contribution is 5.80. The number of piperidine rings is 1. The summed E-state index contributed by atoms with van der Waals surface area (Å²) in [5, 5.41) is 0. The summed E-state index contributed by atoms with van der Waals surface area (Å²) in [6.07, 6.45) is 5.75. The minimum Gasteiger partial charge on any atom is -0.444 e. The van der Waals surface area contributed by atoms with Gasteiger partial charge in [-0.1, -0.05) is 12.8 Å². The average molecular weight is 437 g/mol. The van der Waals surface area contributed by atoms with Crippen molar-refractivity contribution in [2.24, 2.45) is 5.92 Å². The molecule has 0 bridgehead atoms. The van der Waals surface area contributed by atoms with Crippen molar-refractivity contribution in [3.8, 4) is 0 Å². The molecule has 0 aromatic carbocycles. The zero-order valence-electron chi connectivity index (χ0n) is 19.6. The first-order chi connectivity index (χ1) is 14.7. The topological polar surface area (TPSA) is 73.4 Å². The van der Waals surface area contributed by atoms with Gasteiger partial charge in [0.25, 0.3) is 0 Å². The molecule has 0 N–H and O–H groups in total. The maximum Gasteiger partial charge on any atom is 0.410 e. The lowest BCUT2D eigenvalue weighted by molar-refractivity contribution is -0.139. The van der Waals surface area contributed by atoms with E-state index in [1.165, 1.54) is 12.8 Å². The summed E-state index contributed by atoms with van der Waals surface area (Å²) in [7, 11) is 0. The van der Waals surface area contributed by atoms with E-state index in [2.05, 4.69) is 4.90 Å². The van der Waals surface area contributed by atoms with Crippen molar-refractivity contribution >= 4 is 17.9 Å². The molecule has 3 amide bonds. The maximum atomic E-state index is 13.0. The molecule has 3 aliphatic heterocycles. The second-order valence-electron chi connectivity index (χ2n) is 10.1. The van der Waals surface area contributed by atoms with Crippen LogP contribution in [-0.4, -0.2) is 102 Å². The lowest BCUT2D eigenvalue weighted by Crippen LogP contribution is -2.53. The number of hydrogen-bond donors (Lipinski definition) is 0. The monoisotopic (exact) mass is 436 g/mol. The van der Waals surface area contributed by atoms with Crippen LogP contribution in [0.15, 0.2) is 0 Å². The molecule has 0 unspecified atom stereocenters. The molecule has 8 nitrogen and oxygen atoms in total. The number of nitrogens with zero attached hydrogens (tertiary/aromatic N) is 4. The van der Waals surface area contributed by atoms with Gasteiger partial charge in [-0.2, -0.15) is 0 Å². The van der Waals surface area contributed by atoms with Gasteiger partial charge in [0.2, 0.25) is 11.8 Å². The van der Waals surface area contributed by atoms with Gasteiger partial charge in [-0.3, -0.25) is 14.5 Å². The third-order valence-corrected chi connectivity index (χ3v) is 6.50. The van der Waals surface area contributed by atoms with Crippen LogP contribution in [0.1, 0.15) is 59.3 Å². The molecule has 0 atom stereocenters. The van der Waals surface area contributed by atoms with Crippen LogP contribution in [0.2, 0.25) is 0 Å². The van der Waals surface area contributed by atoms with Crippen molar-refractivity contribution in [1.82, 2.24) is 19.6 Å². The quantitative estimate of drug-likeness (QED) is 0.678. The minimum absolute atomic E-state index is 0.0241. The van der Waals surface area contributed by atoms with E-state index in [4.69, 9.17) is 4.74 Å². The van der Waals surface area contributed by atoms with E-state index in [9.17, 15) is 14.4 Å². The highest BCUT2D eigenvalue weighted by atomic mass is 16.6. The Hall–Kier alpha value is -1.83. The summed E-state index contributed by atoms with van der Waals surface area (Å²) in [5.41, 5.74) is -0.502. The van der Waals surface area contributed by atoms with Gasteiger partial charge in [-0.05, 0) is 46.5 Å². The van der Waals surface area contributed by atoms with Crippen molar-refractivity contribution < 1.29 is 19.1 Å². The Morgan fingerprint density at radius 2 is 1.32 bits per heavy atom. The number of amides is 3. The fraction of sp³-hybridized carbons (Fsp3) is 0.870. The number of hydrogen-bond acceptors (Lipinski definition) is 5. The summed E-state index contributed by atoms with van der Waals surface area (Å²) in [4.78, 5) is 45.7. The molecule has 0 spiro atoms. The molecule has 8 heteroatoms. The Labute approximate surface area is 186 Å². The molecule has 3 aliphatic rings. The standard InChI is InChI=1S/C23H40N4O4/c1-23(2,3)31-22(30)27-12-8-19(9-13-27)21(29)26-16-14-24(15-17-26)18-20(28)25-10-6-4-5-7-11-25/h19H,4-18H2,1-3H3. The molecule has 3 fully saturated rings. The molecule has 0 aliphatic carbocycles. The van der Waals surface area contributed by atoms with Crippen LogP contribution in [0.3, 0.4) is 0 Å². The van der Waals surface area contributed by atoms with E-state index in [0.29, 0.717) is 45.6 Å². The fourth-order valence-corrected chi connectivity index (χ4v) is 4.63. The number of ether oxygens (including phenoxy) is 1. The van der Waals surface area contributed by atoms with Gasteiger partial charge in [0.05, 0.1) is 6.54 Å². The molecule has 0 aromatic rings. The van der Waals surface area contributed by atoms with E-state index < -0.39 is 5.60 Å². The first-order valence-electron chi connectivity index (χ1n) is 12.0. The van der Waals surface area contributed by atoms with Crippen molar-refractivity contribution in [3.63, 3.8) is 0 Å². The Kier molecular flexibility index (Phi) is 8.19. The molecule has 0 saturated carbocycles. The maximum absolute atomic E-state index is 13.0. The average Bonchev–Trinajstić information content (AvgIpc) is 3.02. The van der Waals surface area contributed by atoms with Crippen LogP contribution in [0.25, 0.3) is 0 Å². The van der Waals surface area contributed by atoms with Crippen molar-refractivity contribution in [2.75, 3.05) is 58.9 Å². The largest absolute Gasteiger partial charge is 0.444 e. The van der Waals surface area contributed by atoms with Gasteiger partial charge in [0.15, 0.2) is 0 Å². The summed E-state index contributed by atoms with van der Waals surface area (Å²) >= 11 is 0. The van der Waals surface area contributed by atoms with Gasteiger partial charge in [-0.15, -0.1) is 0 Å². The Balaban J connectivity index is 1.38. The van der Waals surface area contributed by atoms with Gasteiger partial charge in [0.1, 0.15) is 5.60 Å². The van der Waals surface area contributed by atoms with Crippen LogP contribution in [-0.2, 0) is 14.3 Å². The van der Waals surface area contributed by atoms with Crippen LogP contribution >= 0.6 is 0 Å². The van der Waals surface area contributed by atoms with Crippen LogP contribution in [0.4, 0.5) is 4.79 Å². The van der Waals surface area contributed by atoms with E-state index in [1.807, 2.05) is 30.6 Å². The Bertz CT molecular complexity index is 624. The third-order valence-electron chi connectivity index (χ3n) is 6.50. The zero-order chi connectivity index (χ0) is 22.4. The normalized spacial score (nSPS) is 22.2. The fourth-order valence-electron chi connectivity index (χ4n) is 4.63. The SMILES string of the molecule is CC(C)(C)OC(=O)N1CCC(C(=O)N2CCN(CC(=O)N3CCCCCC3)CC2)CC1. The van der Waals surface area contributed by atoms with E-state index in [1.54, 1.807) is 4.90 Å². The number of carbonyl (C=O) groups excluding carboxylic acids is 3. The van der Waals surface area contributed by atoms with Crippen LogP contribution < -0.4 is 0 Å². The summed E-state index contributed by atoms with van der Waals surface area (Å²) in [6, 6.07) is 0. The molecule has 3 heterocycles. The lowest BCUT2D eigenvalue weighted by atomic mass is 9.95. The molecule has 3 rings (SSSR count). The first-order valence-corrected chi connectivity index (χ1v) is 12.0. The summed E-state index contributed by atoms with van der Waals surface area (Å²) in [6.45, 7) is 11.8. The highest BCUT2D eigenvalue weighted by Gasteiger charge is 2.33. The van der Waals surface area contributed by atoms with Gasteiger partial charge in [0, 0.05) is 58.3 Å². The number of rotatable bonds is 3. The van der Waals surface area contributed by atoms with Crippen LogP contribution in [0.5, 0.6) is 0 Å². The second-order valence-corrected chi connectivity index (χ2v) is 10.1.